The van der Waals surface area contributed by atoms with E-state index in [1.54, 1.807) is 18.2 Å². The second kappa shape index (κ2) is 6.29. The van der Waals surface area contributed by atoms with Crippen LogP contribution in [0.3, 0.4) is 0 Å². The predicted molar refractivity (Wildman–Crippen MR) is 78.2 cm³/mol. The smallest absolute Gasteiger partial charge is 0.248 e. The molecule has 0 spiro atoms. The Balaban J connectivity index is 2.04. The van der Waals surface area contributed by atoms with Crippen LogP contribution < -0.4 is 5.32 Å². The zero-order valence-corrected chi connectivity index (χ0v) is 11.5. The number of nitrogens with one attached hydrogen (secondary N) is 1. The van der Waals surface area contributed by atoms with Gasteiger partial charge in [0.1, 0.15) is 5.82 Å². The molecule has 0 saturated carbocycles. The SMILES string of the molecule is O=C(/C=C/c1ccccc1Br)Nc1cccc(F)c1. The van der Waals surface area contributed by atoms with E-state index in [0.29, 0.717) is 5.69 Å². The molecule has 0 aliphatic rings. The summed E-state index contributed by atoms with van der Waals surface area (Å²) in [4.78, 5) is 11.7. The molecule has 0 unspecified atom stereocenters. The number of anilines is 1. The first kappa shape index (κ1) is 13.5. The van der Waals surface area contributed by atoms with Gasteiger partial charge in [-0.15, -0.1) is 0 Å². The van der Waals surface area contributed by atoms with E-state index in [-0.39, 0.29) is 11.7 Å². The fraction of sp³-hybridized carbons (Fsp3) is 0. The van der Waals surface area contributed by atoms with Crippen molar-refractivity contribution in [2.24, 2.45) is 0 Å². The van der Waals surface area contributed by atoms with Crippen LogP contribution in [-0.4, -0.2) is 5.91 Å². The Morgan fingerprint density at radius 2 is 1.95 bits per heavy atom. The number of carbonyl (C=O) groups excluding carboxylic acids is 1. The fourth-order valence-electron chi connectivity index (χ4n) is 1.53. The van der Waals surface area contributed by atoms with Gasteiger partial charge < -0.3 is 5.32 Å². The molecule has 0 fully saturated rings. The highest BCUT2D eigenvalue weighted by molar-refractivity contribution is 9.10. The van der Waals surface area contributed by atoms with Crippen LogP contribution >= 0.6 is 15.9 Å². The topological polar surface area (TPSA) is 29.1 Å². The summed E-state index contributed by atoms with van der Waals surface area (Å²) in [5, 5.41) is 2.59. The van der Waals surface area contributed by atoms with Crippen LogP contribution in [0.2, 0.25) is 0 Å². The van der Waals surface area contributed by atoms with Gasteiger partial charge in [-0.3, -0.25) is 4.79 Å². The van der Waals surface area contributed by atoms with Crippen molar-refractivity contribution < 1.29 is 9.18 Å². The lowest BCUT2D eigenvalue weighted by Crippen LogP contribution is -2.07. The molecule has 19 heavy (non-hydrogen) atoms. The van der Waals surface area contributed by atoms with Crippen molar-refractivity contribution in [2.45, 2.75) is 0 Å². The number of carbonyl (C=O) groups is 1. The summed E-state index contributed by atoms with van der Waals surface area (Å²) in [6.07, 6.45) is 3.10. The second-order valence-electron chi connectivity index (χ2n) is 3.85. The van der Waals surface area contributed by atoms with E-state index in [1.807, 2.05) is 24.3 Å². The summed E-state index contributed by atoms with van der Waals surface area (Å²) >= 11 is 3.39. The first-order valence-electron chi connectivity index (χ1n) is 5.64. The lowest BCUT2D eigenvalue weighted by atomic mass is 10.2. The molecule has 0 bridgehead atoms. The summed E-state index contributed by atoms with van der Waals surface area (Å²) in [5.41, 5.74) is 1.33. The fourth-order valence-corrected chi connectivity index (χ4v) is 1.94. The third-order valence-electron chi connectivity index (χ3n) is 2.41. The molecule has 0 aliphatic carbocycles. The van der Waals surface area contributed by atoms with Gasteiger partial charge in [0.05, 0.1) is 0 Å². The van der Waals surface area contributed by atoms with Crippen LogP contribution in [0.25, 0.3) is 6.08 Å². The Hall–Kier alpha value is -1.94. The van der Waals surface area contributed by atoms with Crippen molar-refractivity contribution in [3.8, 4) is 0 Å². The first-order chi connectivity index (χ1) is 9.15. The van der Waals surface area contributed by atoms with Gasteiger partial charge in [-0.2, -0.15) is 0 Å². The lowest BCUT2D eigenvalue weighted by Gasteiger charge is -2.02. The molecule has 96 valence electrons. The van der Waals surface area contributed by atoms with Gasteiger partial charge in [0, 0.05) is 16.2 Å². The Morgan fingerprint density at radius 1 is 1.16 bits per heavy atom. The van der Waals surface area contributed by atoms with Crippen LogP contribution in [-0.2, 0) is 4.79 Å². The Morgan fingerprint density at radius 3 is 2.68 bits per heavy atom. The van der Waals surface area contributed by atoms with Crippen LogP contribution in [0.5, 0.6) is 0 Å². The van der Waals surface area contributed by atoms with Crippen LogP contribution in [0.1, 0.15) is 5.56 Å². The van der Waals surface area contributed by atoms with Crippen molar-refractivity contribution in [1.82, 2.24) is 0 Å². The van der Waals surface area contributed by atoms with Gasteiger partial charge in [0.25, 0.3) is 0 Å². The van der Waals surface area contributed by atoms with Crippen molar-refractivity contribution >= 4 is 33.6 Å². The molecule has 4 heteroatoms. The molecule has 2 aromatic carbocycles. The van der Waals surface area contributed by atoms with Gasteiger partial charge >= 0.3 is 0 Å². The summed E-state index contributed by atoms with van der Waals surface area (Å²) in [6, 6.07) is 13.3. The van der Waals surface area contributed by atoms with Crippen LogP contribution in [0.4, 0.5) is 10.1 Å². The summed E-state index contributed by atoms with van der Waals surface area (Å²) in [7, 11) is 0. The molecule has 2 aromatic rings. The van der Waals surface area contributed by atoms with E-state index in [2.05, 4.69) is 21.2 Å². The van der Waals surface area contributed by atoms with E-state index in [1.165, 1.54) is 18.2 Å². The van der Waals surface area contributed by atoms with E-state index in [4.69, 9.17) is 0 Å². The van der Waals surface area contributed by atoms with Gasteiger partial charge in [0.2, 0.25) is 5.91 Å². The maximum absolute atomic E-state index is 12.9. The average molecular weight is 320 g/mol. The summed E-state index contributed by atoms with van der Waals surface area (Å²) in [6.45, 7) is 0. The molecule has 2 rings (SSSR count). The molecule has 0 heterocycles. The monoisotopic (exact) mass is 319 g/mol. The number of halogens is 2. The van der Waals surface area contributed by atoms with Crippen LogP contribution in [0.15, 0.2) is 59.1 Å². The minimum atomic E-state index is -0.382. The Labute approximate surface area is 119 Å². The standard InChI is InChI=1S/C15H11BrFNO/c16-14-7-2-1-4-11(14)8-9-15(19)18-13-6-3-5-12(17)10-13/h1-10H,(H,18,19)/b9-8+. The third-order valence-corrected chi connectivity index (χ3v) is 3.13. The highest BCUT2D eigenvalue weighted by Gasteiger charge is 1.99. The van der Waals surface area contributed by atoms with Crippen molar-refractivity contribution in [1.29, 1.82) is 0 Å². The zero-order valence-electron chi connectivity index (χ0n) is 9.94. The predicted octanol–water partition coefficient (Wildman–Crippen LogP) is 4.24. The maximum atomic E-state index is 12.9. The third kappa shape index (κ3) is 4.03. The van der Waals surface area contributed by atoms with Gasteiger partial charge in [-0.1, -0.05) is 40.2 Å². The second-order valence-corrected chi connectivity index (χ2v) is 4.71. The van der Waals surface area contributed by atoms with Crippen molar-refractivity contribution in [3.05, 3.63) is 70.5 Å². The lowest BCUT2D eigenvalue weighted by molar-refractivity contribution is -0.111. The minimum absolute atomic E-state index is 0.304. The number of benzene rings is 2. The number of amides is 1. The Bertz CT molecular complexity index is 625. The summed E-state index contributed by atoms with van der Waals surface area (Å²) in [5.74, 6) is -0.686. The molecule has 0 aromatic heterocycles. The average Bonchev–Trinajstić information content (AvgIpc) is 2.38. The van der Waals surface area contributed by atoms with E-state index in [0.717, 1.165) is 10.0 Å². The number of rotatable bonds is 3. The minimum Gasteiger partial charge on any atom is -0.322 e. The normalized spacial score (nSPS) is 10.6. The molecule has 0 atom stereocenters. The molecule has 1 amide bonds. The van der Waals surface area contributed by atoms with Gasteiger partial charge in [-0.25, -0.2) is 4.39 Å². The molecule has 1 N–H and O–H groups in total. The molecule has 0 radical (unpaired) electrons. The van der Waals surface area contributed by atoms with Gasteiger partial charge in [0.15, 0.2) is 0 Å². The number of hydrogen-bond acceptors (Lipinski definition) is 1. The molecular formula is C15H11BrFNO. The van der Waals surface area contributed by atoms with Crippen LogP contribution in [0, 0.1) is 5.82 Å². The zero-order chi connectivity index (χ0) is 13.7. The molecule has 0 saturated heterocycles. The highest BCUT2D eigenvalue weighted by Crippen LogP contribution is 2.17. The maximum Gasteiger partial charge on any atom is 0.248 e. The van der Waals surface area contributed by atoms with E-state index in [9.17, 15) is 9.18 Å². The molecular weight excluding hydrogens is 309 g/mol. The molecule has 2 nitrogen and oxygen atoms in total. The van der Waals surface area contributed by atoms with Crippen molar-refractivity contribution in [3.63, 3.8) is 0 Å². The van der Waals surface area contributed by atoms with Gasteiger partial charge in [-0.05, 0) is 35.9 Å². The number of hydrogen-bond donors (Lipinski definition) is 1. The molecule has 0 aliphatic heterocycles. The van der Waals surface area contributed by atoms with E-state index < -0.39 is 0 Å². The van der Waals surface area contributed by atoms with E-state index >= 15 is 0 Å². The quantitative estimate of drug-likeness (QED) is 0.842. The largest absolute Gasteiger partial charge is 0.322 e. The Kier molecular flexibility index (Phi) is 4.47. The van der Waals surface area contributed by atoms with Crippen molar-refractivity contribution in [2.75, 3.05) is 5.32 Å². The first-order valence-corrected chi connectivity index (χ1v) is 6.43. The highest BCUT2D eigenvalue weighted by atomic mass is 79.9. The summed E-state index contributed by atoms with van der Waals surface area (Å²) < 4.78 is 13.9.